The molecule has 0 saturated heterocycles. The summed E-state index contributed by atoms with van der Waals surface area (Å²) in [5, 5.41) is 1.37. The largest absolute Gasteiger partial charge is 0.324 e. The maximum atomic E-state index is 6.26. The van der Waals surface area contributed by atoms with Crippen molar-refractivity contribution in [3.63, 3.8) is 0 Å². The second-order valence-electron chi connectivity index (χ2n) is 4.79. The third kappa shape index (κ3) is 2.94. The van der Waals surface area contributed by atoms with Crippen molar-refractivity contribution >= 4 is 23.2 Å². The molecular formula is C16H13Cl2N3. The van der Waals surface area contributed by atoms with Gasteiger partial charge >= 0.3 is 0 Å². The summed E-state index contributed by atoms with van der Waals surface area (Å²) in [7, 11) is 0. The molecule has 2 heterocycles. The molecule has 0 aliphatic carbocycles. The molecule has 106 valence electrons. The van der Waals surface area contributed by atoms with Crippen molar-refractivity contribution in [2.75, 3.05) is 0 Å². The van der Waals surface area contributed by atoms with E-state index in [0.29, 0.717) is 16.6 Å². The van der Waals surface area contributed by atoms with Crippen LogP contribution in [0.5, 0.6) is 0 Å². The molecule has 2 aromatic heterocycles. The zero-order valence-corrected chi connectivity index (χ0v) is 12.9. The summed E-state index contributed by atoms with van der Waals surface area (Å²) in [5.41, 5.74) is 3.00. The van der Waals surface area contributed by atoms with E-state index < -0.39 is 0 Å². The number of hydrogen-bond donors (Lipinski definition) is 0. The first kappa shape index (κ1) is 14.1. The first-order valence-electron chi connectivity index (χ1n) is 6.51. The van der Waals surface area contributed by atoms with Gasteiger partial charge in [-0.1, -0.05) is 23.2 Å². The van der Waals surface area contributed by atoms with Crippen LogP contribution in [-0.2, 0) is 6.54 Å². The van der Waals surface area contributed by atoms with Crippen molar-refractivity contribution in [2.45, 2.75) is 13.5 Å². The molecule has 0 saturated carbocycles. The van der Waals surface area contributed by atoms with E-state index in [9.17, 15) is 0 Å². The second-order valence-corrected chi connectivity index (χ2v) is 5.63. The quantitative estimate of drug-likeness (QED) is 0.706. The summed E-state index contributed by atoms with van der Waals surface area (Å²) in [4.78, 5) is 8.63. The average Bonchev–Trinajstić information content (AvgIpc) is 2.85. The van der Waals surface area contributed by atoms with Gasteiger partial charge in [0, 0.05) is 39.9 Å². The minimum Gasteiger partial charge on any atom is -0.324 e. The molecule has 0 aliphatic heterocycles. The molecule has 3 aromatic rings. The minimum atomic E-state index is 0.620. The first-order valence-corrected chi connectivity index (χ1v) is 7.27. The van der Waals surface area contributed by atoms with Crippen LogP contribution in [0.3, 0.4) is 0 Å². The Morgan fingerprint density at radius 2 is 2.00 bits per heavy atom. The number of benzene rings is 1. The highest BCUT2D eigenvalue weighted by atomic mass is 35.5. The predicted molar refractivity (Wildman–Crippen MR) is 85.8 cm³/mol. The number of aryl methyl sites for hydroxylation is 1. The Balaban J connectivity index is 2.03. The Morgan fingerprint density at radius 3 is 2.76 bits per heavy atom. The molecule has 0 bridgehead atoms. The van der Waals surface area contributed by atoms with Gasteiger partial charge in [-0.15, -0.1) is 0 Å². The molecule has 21 heavy (non-hydrogen) atoms. The molecule has 3 nitrogen and oxygen atoms in total. The first-order chi connectivity index (χ1) is 10.1. The molecule has 0 amide bonds. The molecule has 0 spiro atoms. The lowest BCUT2D eigenvalue weighted by molar-refractivity contribution is 0.779. The van der Waals surface area contributed by atoms with Crippen LogP contribution in [0, 0.1) is 6.92 Å². The van der Waals surface area contributed by atoms with Gasteiger partial charge in [-0.05, 0) is 42.8 Å². The number of imidazole rings is 1. The van der Waals surface area contributed by atoms with Crippen LogP contribution in [0.2, 0.25) is 10.0 Å². The molecule has 0 fully saturated rings. The van der Waals surface area contributed by atoms with Crippen LogP contribution < -0.4 is 0 Å². The van der Waals surface area contributed by atoms with Crippen molar-refractivity contribution in [1.82, 2.24) is 14.5 Å². The van der Waals surface area contributed by atoms with E-state index in [-0.39, 0.29) is 0 Å². The summed E-state index contributed by atoms with van der Waals surface area (Å²) >= 11 is 12.3. The van der Waals surface area contributed by atoms with Gasteiger partial charge in [-0.25, -0.2) is 4.98 Å². The summed E-state index contributed by atoms with van der Waals surface area (Å²) in [5.74, 6) is 0.872. The van der Waals surface area contributed by atoms with Gasteiger partial charge in [0.15, 0.2) is 0 Å². The van der Waals surface area contributed by atoms with Crippen LogP contribution in [0.1, 0.15) is 11.3 Å². The fraction of sp³-hybridized carbons (Fsp3) is 0.125. The van der Waals surface area contributed by atoms with Gasteiger partial charge in [0.05, 0.1) is 6.54 Å². The van der Waals surface area contributed by atoms with E-state index in [4.69, 9.17) is 23.2 Å². The van der Waals surface area contributed by atoms with E-state index >= 15 is 0 Å². The van der Waals surface area contributed by atoms with Crippen molar-refractivity contribution < 1.29 is 0 Å². The minimum absolute atomic E-state index is 0.620. The molecule has 3 rings (SSSR count). The normalized spacial score (nSPS) is 10.8. The number of rotatable bonds is 3. The standard InChI is InChI=1S/C16H13Cl2N3/c1-11-8-20-16(12-3-2-6-19-9-12)21(11)10-13-7-14(17)4-5-15(13)18/h2-9H,10H2,1H3. The maximum Gasteiger partial charge on any atom is 0.141 e. The third-order valence-corrected chi connectivity index (χ3v) is 3.91. The Labute approximate surface area is 133 Å². The number of halogens is 2. The third-order valence-electron chi connectivity index (χ3n) is 3.31. The Hall–Kier alpha value is -1.84. The van der Waals surface area contributed by atoms with Gasteiger partial charge in [0.1, 0.15) is 5.82 Å². The number of pyridine rings is 1. The van der Waals surface area contributed by atoms with E-state index in [2.05, 4.69) is 14.5 Å². The monoisotopic (exact) mass is 317 g/mol. The Kier molecular flexibility index (Phi) is 3.95. The SMILES string of the molecule is Cc1cnc(-c2cccnc2)n1Cc1cc(Cl)ccc1Cl. The fourth-order valence-electron chi connectivity index (χ4n) is 2.22. The number of aromatic nitrogens is 3. The molecule has 0 aliphatic rings. The van der Waals surface area contributed by atoms with Crippen molar-refractivity contribution in [3.8, 4) is 11.4 Å². The van der Waals surface area contributed by atoms with Gasteiger partial charge in [-0.2, -0.15) is 0 Å². The molecule has 0 radical (unpaired) electrons. The predicted octanol–water partition coefficient (Wildman–Crippen LogP) is 4.61. The van der Waals surface area contributed by atoms with Gasteiger partial charge < -0.3 is 4.57 Å². The van der Waals surface area contributed by atoms with E-state index in [0.717, 1.165) is 22.6 Å². The lowest BCUT2D eigenvalue weighted by atomic mass is 10.2. The summed E-state index contributed by atoms with van der Waals surface area (Å²) in [6.45, 7) is 2.64. The van der Waals surface area contributed by atoms with Crippen LogP contribution in [0.15, 0.2) is 48.9 Å². The number of nitrogens with zero attached hydrogens (tertiary/aromatic N) is 3. The summed E-state index contributed by atoms with van der Waals surface area (Å²) < 4.78 is 2.11. The van der Waals surface area contributed by atoms with Gasteiger partial charge in [0.2, 0.25) is 0 Å². The second kappa shape index (κ2) is 5.88. The van der Waals surface area contributed by atoms with Gasteiger partial charge in [-0.3, -0.25) is 4.98 Å². The summed E-state index contributed by atoms with van der Waals surface area (Å²) in [6, 6.07) is 9.38. The topological polar surface area (TPSA) is 30.7 Å². The fourth-order valence-corrected chi connectivity index (χ4v) is 2.59. The van der Waals surface area contributed by atoms with E-state index in [1.807, 2.05) is 37.4 Å². The molecule has 0 unspecified atom stereocenters. The zero-order chi connectivity index (χ0) is 14.8. The number of hydrogen-bond acceptors (Lipinski definition) is 2. The van der Waals surface area contributed by atoms with Crippen LogP contribution in [0.25, 0.3) is 11.4 Å². The lowest BCUT2D eigenvalue weighted by Gasteiger charge is -2.12. The lowest BCUT2D eigenvalue weighted by Crippen LogP contribution is -2.05. The van der Waals surface area contributed by atoms with Crippen LogP contribution in [-0.4, -0.2) is 14.5 Å². The van der Waals surface area contributed by atoms with E-state index in [1.54, 1.807) is 18.5 Å². The molecular weight excluding hydrogens is 305 g/mol. The molecule has 0 N–H and O–H groups in total. The van der Waals surface area contributed by atoms with Crippen LogP contribution >= 0.6 is 23.2 Å². The average molecular weight is 318 g/mol. The Bertz CT molecular complexity index is 766. The maximum absolute atomic E-state index is 6.26. The van der Waals surface area contributed by atoms with Crippen molar-refractivity contribution in [2.24, 2.45) is 0 Å². The van der Waals surface area contributed by atoms with E-state index in [1.165, 1.54) is 0 Å². The molecule has 1 aromatic carbocycles. The molecule has 5 heteroatoms. The van der Waals surface area contributed by atoms with Gasteiger partial charge in [0.25, 0.3) is 0 Å². The molecule has 0 atom stereocenters. The highest BCUT2D eigenvalue weighted by Crippen LogP contribution is 2.25. The summed E-state index contributed by atoms with van der Waals surface area (Å²) in [6.07, 6.45) is 5.40. The Morgan fingerprint density at radius 1 is 1.14 bits per heavy atom. The highest BCUT2D eigenvalue weighted by molar-refractivity contribution is 6.33. The zero-order valence-electron chi connectivity index (χ0n) is 11.4. The van der Waals surface area contributed by atoms with Crippen molar-refractivity contribution in [1.29, 1.82) is 0 Å². The van der Waals surface area contributed by atoms with Crippen LogP contribution in [0.4, 0.5) is 0 Å². The highest BCUT2D eigenvalue weighted by Gasteiger charge is 2.11. The smallest absolute Gasteiger partial charge is 0.141 e. The van der Waals surface area contributed by atoms with Crippen molar-refractivity contribution in [3.05, 3.63) is 70.2 Å².